The fourth-order valence-electron chi connectivity index (χ4n) is 5.70. The van der Waals surface area contributed by atoms with Crippen LogP contribution < -0.4 is 19.1 Å². The number of ether oxygens (including phenoxy) is 3. The van der Waals surface area contributed by atoms with Crippen molar-refractivity contribution in [3.05, 3.63) is 82.4 Å². The molecular formula is C34H34N2O6S. The van der Waals surface area contributed by atoms with E-state index >= 15 is 0 Å². The van der Waals surface area contributed by atoms with E-state index in [1.807, 2.05) is 44.2 Å². The number of ketones is 1. The number of hydrogen-bond donors (Lipinski definition) is 1. The molecule has 2 atom stereocenters. The summed E-state index contributed by atoms with van der Waals surface area (Å²) in [4.78, 5) is 33.6. The summed E-state index contributed by atoms with van der Waals surface area (Å²) in [5.74, 6) is 0.0287. The fraction of sp³-hybridized carbons (Fsp3) is 0.324. The number of methoxy groups -OCH3 is 1. The molecule has 3 heterocycles. The lowest BCUT2D eigenvalue weighted by molar-refractivity contribution is -0.132. The van der Waals surface area contributed by atoms with E-state index in [1.165, 1.54) is 16.2 Å². The van der Waals surface area contributed by atoms with Crippen molar-refractivity contribution in [3.8, 4) is 17.2 Å². The van der Waals surface area contributed by atoms with Crippen LogP contribution in [0.2, 0.25) is 0 Å². The molecule has 2 aliphatic heterocycles. The predicted molar refractivity (Wildman–Crippen MR) is 167 cm³/mol. The average molecular weight is 599 g/mol. The molecule has 9 heteroatoms. The minimum absolute atomic E-state index is 0.00832. The molecule has 8 nitrogen and oxygen atoms in total. The van der Waals surface area contributed by atoms with E-state index in [2.05, 4.69) is 6.92 Å². The quantitative estimate of drug-likeness (QED) is 0.0947. The molecule has 0 aliphatic carbocycles. The summed E-state index contributed by atoms with van der Waals surface area (Å²) in [5.41, 5.74) is 3.76. The number of Topliss-reactive ketones (excluding diaryl/α,β-unsaturated/α-hetero) is 1. The lowest BCUT2D eigenvalue weighted by atomic mass is 9.94. The number of aryl methyl sites for hydroxylation is 1. The highest BCUT2D eigenvalue weighted by Crippen LogP contribution is 2.46. The van der Waals surface area contributed by atoms with Gasteiger partial charge in [0.25, 0.3) is 5.78 Å². The second-order valence-corrected chi connectivity index (χ2v) is 12.1. The number of aromatic nitrogens is 1. The van der Waals surface area contributed by atoms with Gasteiger partial charge in [-0.3, -0.25) is 14.5 Å². The van der Waals surface area contributed by atoms with Crippen molar-refractivity contribution in [1.82, 2.24) is 4.98 Å². The monoisotopic (exact) mass is 598 g/mol. The Labute approximate surface area is 254 Å². The van der Waals surface area contributed by atoms with E-state index < -0.39 is 17.7 Å². The van der Waals surface area contributed by atoms with Crippen molar-refractivity contribution in [2.24, 2.45) is 0 Å². The van der Waals surface area contributed by atoms with Crippen molar-refractivity contribution >= 4 is 44.1 Å². The number of benzene rings is 3. The van der Waals surface area contributed by atoms with Crippen LogP contribution in [0.3, 0.4) is 0 Å². The van der Waals surface area contributed by atoms with Gasteiger partial charge in [0.15, 0.2) is 16.6 Å². The number of carbonyl (C=O) groups is 2. The molecule has 43 heavy (non-hydrogen) atoms. The number of aliphatic hydroxyl groups excluding tert-OH is 1. The number of nitrogens with zero attached hydrogens (tertiary/aromatic N) is 2. The summed E-state index contributed by atoms with van der Waals surface area (Å²) in [6.07, 6.45) is 3.78. The zero-order valence-corrected chi connectivity index (χ0v) is 25.5. The Hall–Kier alpha value is -4.37. The third kappa shape index (κ3) is 5.33. The molecule has 2 aliphatic rings. The first-order chi connectivity index (χ1) is 20.8. The first-order valence-electron chi connectivity index (χ1n) is 14.6. The minimum Gasteiger partial charge on any atom is -0.507 e. The lowest BCUT2D eigenvalue weighted by Crippen LogP contribution is -2.29. The maximum Gasteiger partial charge on any atom is 0.301 e. The normalized spacial score (nSPS) is 19.1. The van der Waals surface area contributed by atoms with Crippen molar-refractivity contribution in [2.75, 3.05) is 18.6 Å². The van der Waals surface area contributed by atoms with Gasteiger partial charge in [-0.1, -0.05) is 43.2 Å². The van der Waals surface area contributed by atoms with E-state index in [1.54, 1.807) is 31.4 Å². The van der Waals surface area contributed by atoms with E-state index in [9.17, 15) is 14.7 Å². The van der Waals surface area contributed by atoms with Crippen molar-refractivity contribution in [3.63, 3.8) is 0 Å². The molecule has 0 radical (unpaired) electrons. The largest absolute Gasteiger partial charge is 0.507 e. The number of thiazole rings is 1. The molecule has 1 saturated heterocycles. The van der Waals surface area contributed by atoms with Gasteiger partial charge in [0.05, 0.1) is 35.5 Å². The fourth-order valence-corrected chi connectivity index (χ4v) is 6.79. The SMILES string of the molecule is CCCCCOc1ccc([C@@H]2/C(=C(\O)c3ccc4c(c3)C[C@H](C)O4)C(=O)C(=O)N2c2nc3ccc(C)cc3s2)cc1OC. The number of anilines is 1. The summed E-state index contributed by atoms with van der Waals surface area (Å²) in [5, 5.41) is 12.1. The molecule has 1 amide bonds. The van der Waals surface area contributed by atoms with Gasteiger partial charge in [-0.2, -0.15) is 0 Å². The molecule has 1 fully saturated rings. The van der Waals surface area contributed by atoms with Crippen LogP contribution in [0.1, 0.15) is 61.4 Å². The summed E-state index contributed by atoms with van der Waals surface area (Å²) in [6, 6.07) is 15.6. The Kier molecular flexibility index (Phi) is 7.83. The van der Waals surface area contributed by atoms with Crippen LogP contribution in [-0.4, -0.2) is 41.6 Å². The average Bonchev–Trinajstić information content (AvgIpc) is 3.66. The molecule has 4 aromatic rings. The maximum absolute atomic E-state index is 13.8. The molecule has 0 unspecified atom stereocenters. The summed E-state index contributed by atoms with van der Waals surface area (Å²) in [7, 11) is 1.55. The molecule has 1 N–H and O–H groups in total. The van der Waals surface area contributed by atoms with E-state index in [0.29, 0.717) is 40.8 Å². The van der Waals surface area contributed by atoms with E-state index in [4.69, 9.17) is 19.2 Å². The van der Waals surface area contributed by atoms with Crippen LogP contribution in [0.5, 0.6) is 17.2 Å². The Morgan fingerprint density at radius 3 is 2.72 bits per heavy atom. The molecule has 0 spiro atoms. The first-order valence-corrected chi connectivity index (χ1v) is 15.4. The number of aliphatic hydroxyl groups is 1. The van der Waals surface area contributed by atoms with E-state index in [0.717, 1.165) is 46.4 Å². The van der Waals surface area contributed by atoms with Gasteiger partial charge >= 0.3 is 5.91 Å². The molecule has 222 valence electrons. The minimum atomic E-state index is -0.937. The zero-order chi connectivity index (χ0) is 30.2. The van der Waals surface area contributed by atoms with Gasteiger partial charge < -0.3 is 19.3 Å². The molecule has 1 aromatic heterocycles. The zero-order valence-electron chi connectivity index (χ0n) is 24.7. The second kappa shape index (κ2) is 11.7. The topological polar surface area (TPSA) is 98.2 Å². The Balaban J connectivity index is 1.48. The highest BCUT2D eigenvalue weighted by Gasteiger charge is 2.48. The number of unbranched alkanes of at least 4 members (excludes halogenated alkanes) is 2. The molecule has 0 bridgehead atoms. The highest BCUT2D eigenvalue weighted by atomic mass is 32.1. The van der Waals surface area contributed by atoms with Gasteiger partial charge in [0, 0.05) is 12.0 Å². The van der Waals surface area contributed by atoms with Gasteiger partial charge in [-0.05, 0) is 79.4 Å². The standard InChI is InChI=1S/C34H34N2O6S/c1-5-6-7-14-41-26-13-9-21(18-27(26)40-4)30-29(31(37)22-10-12-25-23(17-22)16-20(3)42-25)32(38)33(39)36(30)34-35-24-11-8-19(2)15-28(24)43-34/h8-13,15,17-18,20,30,37H,5-7,14,16H2,1-4H3/b31-29+/t20-,30+/m0/s1. The van der Waals surface area contributed by atoms with E-state index in [-0.39, 0.29) is 17.4 Å². The lowest BCUT2D eigenvalue weighted by Gasteiger charge is -2.24. The van der Waals surface area contributed by atoms with Gasteiger partial charge in [0.1, 0.15) is 17.6 Å². The Bertz CT molecular complexity index is 1760. The Morgan fingerprint density at radius 2 is 1.93 bits per heavy atom. The predicted octanol–water partition coefficient (Wildman–Crippen LogP) is 7.13. The van der Waals surface area contributed by atoms with Gasteiger partial charge in [-0.15, -0.1) is 0 Å². The van der Waals surface area contributed by atoms with Gasteiger partial charge in [0.2, 0.25) is 0 Å². The van der Waals surface area contributed by atoms with Crippen molar-refractivity contribution in [2.45, 2.75) is 58.6 Å². The van der Waals surface area contributed by atoms with Gasteiger partial charge in [-0.25, -0.2) is 4.98 Å². The van der Waals surface area contributed by atoms with Crippen LogP contribution in [0.25, 0.3) is 16.0 Å². The number of fused-ring (bicyclic) bond motifs is 2. The van der Waals surface area contributed by atoms with Crippen LogP contribution in [-0.2, 0) is 16.0 Å². The third-order valence-electron chi connectivity index (χ3n) is 7.86. The third-order valence-corrected chi connectivity index (χ3v) is 8.88. The second-order valence-electron chi connectivity index (χ2n) is 11.1. The number of hydrogen-bond acceptors (Lipinski definition) is 8. The van der Waals surface area contributed by atoms with Crippen LogP contribution in [0, 0.1) is 6.92 Å². The molecule has 6 rings (SSSR count). The summed E-state index contributed by atoms with van der Waals surface area (Å²) >= 11 is 1.33. The first kappa shape index (κ1) is 28.7. The summed E-state index contributed by atoms with van der Waals surface area (Å²) in [6.45, 7) is 6.66. The maximum atomic E-state index is 13.8. The number of carbonyl (C=O) groups excluding carboxylic acids is 2. The van der Waals surface area contributed by atoms with Crippen LogP contribution in [0.4, 0.5) is 5.13 Å². The summed E-state index contributed by atoms with van der Waals surface area (Å²) < 4.78 is 18.4. The molecule has 0 saturated carbocycles. The van der Waals surface area contributed by atoms with Crippen LogP contribution >= 0.6 is 11.3 Å². The molecule has 3 aromatic carbocycles. The van der Waals surface area contributed by atoms with Crippen molar-refractivity contribution in [1.29, 1.82) is 0 Å². The Morgan fingerprint density at radius 1 is 1.09 bits per heavy atom. The van der Waals surface area contributed by atoms with Crippen LogP contribution in [0.15, 0.2) is 60.2 Å². The molecular weight excluding hydrogens is 564 g/mol. The highest BCUT2D eigenvalue weighted by molar-refractivity contribution is 7.22. The number of rotatable bonds is 9. The number of amides is 1. The van der Waals surface area contributed by atoms with Crippen molar-refractivity contribution < 1.29 is 28.9 Å². The smallest absolute Gasteiger partial charge is 0.301 e.